The van der Waals surface area contributed by atoms with Crippen LogP contribution in [0.5, 0.6) is 0 Å². The maximum Gasteiger partial charge on any atom is 0.0648 e. The summed E-state index contributed by atoms with van der Waals surface area (Å²) in [5.74, 6) is 0. The quantitative estimate of drug-likeness (QED) is 0.872. The van der Waals surface area contributed by atoms with Crippen LogP contribution in [-0.2, 0) is 13.0 Å². The molecule has 0 aliphatic heterocycles. The molecule has 0 bridgehead atoms. The minimum absolute atomic E-state index is 0.745. The molecule has 18 heavy (non-hydrogen) atoms. The van der Waals surface area contributed by atoms with Gasteiger partial charge >= 0.3 is 0 Å². The van der Waals surface area contributed by atoms with Crippen molar-refractivity contribution < 1.29 is 0 Å². The predicted molar refractivity (Wildman–Crippen MR) is 72.8 cm³/mol. The number of aromatic nitrogens is 2. The highest BCUT2D eigenvalue weighted by Gasteiger charge is 2.21. The van der Waals surface area contributed by atoms with Gasteiger partial charge in [0, 0.05) is 23.8 Å². The van der Waals surface area contributed by atoms with Gasteiger partial charge in [0.2, 0.25) is 0 Å². The Hall–Kier alpha value is -1.61. The van der Waals surface area contributed by atoms with E-state index < -0.39 is 0 Å². The highest BCUT2D eigenvalue weighted by atomic mass is 15.3. The molecule has 1 aromatic heterocycles. The first-order valence-electron chi connectivity index (χ1n) is 6.73. The number of rotatable bonds is 5. The van der Waals surface area contributed by atoms with Crippen molar-refractivity contribution in [3.63, 3.8) is 0 Å². The summed E-state index contributed by atoms with van der Waals surface area (Å²) in [4.78, 5) is 0. The van der Waals surface area contributed by atoms with E-state index in [1.54, 1.807) is 0 Å². The van der Waals surface area contributed by atoms with Gasteiger partial charge in [-0.05, 0) is 31.4 Å². The van der Waals surface area contributed by atoms with E-state index in [9.17, 15) is 0 Å². The molecule has 0 atom stereocenters. The average Bonchev–Trinajstić information content (AvgIpc) is 3.16. The molecule has 0 saturated heterocycles. The number of hydrogen-bond donors (Lipinski definition) is 1. The van der Waals surface area contributed by atoms with Gasteiger partial charge < -0.3 is 5.32 Å². The zero-order valence-corrected chi connectivity index (χ0v) is 10.8. The summed E-state index contributed by atoms with van der Waals surface area (Å²) in [6, 6.07) is 11.1. The van der Waals surface area contributed by atoms with Crippen LogP contribution >= 0.6 is 0 Å². The van der Waals surface area contributed by atoms with Crippen LogP contribution in [0.3, 0.4) is 0 Å². The third-order valence-corrected chi connectivity index (χ3v) is 3.45. The van der Waals surface area contributed by atoms with Crippen molar-refractivity contribution in [1.29, 1.82) is 0 Å². The molecular weight excluding hydrogens is 222 g/mol. The fraction of sp³-hybridized carbons (Fsp3) is 0.400. The number of benzene rings is 1. The van der Waals surface area contributed by atoms with Crippen molar-refractivity contribution >= 4 is 0 Å². The SMILES string of the molecule is CCc1c(CNC2CC2)cnn1-c1ccccc1. The van der Waals surface area contributed by atoms with E-state index in [1.807, 2.05) is 12.3 Å². The zero-order valence-electron chi connectivity index (χ0n) is 10.8. The fourth-order valence-corrected chi connectivity index (χ4v) is 2.27. The molecule has 0 radical (unpaired) electrons. The summed E-state index contributed by atoms with van der Waals surface area (Å²) in [5, 5.41) is 8.09. The normalized spacial score (nSPS) is 14.9. The van der Waals surface area contributed by atoms with Crippen LogP contribution in [0, 0.1) is 0 Å². The molecule has 3 nitrogen and oxygen atoms in total. The van der Waals surface area contributed by atoms with Crippen LogP contribution < -0.4 is 5.32 Å². The standard InChI is InChI=1S/C15H19N3/c1-2-15-12(10-16-13-8-9-13)11-17-18(15)14-6-4-3-5-7-14/h3-7,11,13,16H,2,8-10H2,1H3. The zero-order chi connectivity index (χ0) is 12.4. The lowest BCUT2D eigenvalue weighted by molar-refractivity contribution is 0.680. The third-order valence-electron chi connectivity index (χ3n) is 3.45. The molecule has 94 valence electrons. The Kier molecular flexibility index (Phi) is 3.15. The van der Waals surface area contributed by atoms with Gasteiger partial charge in [-0.2, -0.15) is 5.10 Å². The van der Waals surface area contributed by atoms with E-state index in [4.69, 9.17) is 0 Å². The van der Waals surface area contributed by atoms with Gasteiger partial charge in [0.25, 0.3) is 0 Å². The highest BCUT2D eigenvalue weighted by Crippen LogP contribution is 2.21. The smallest absolute Gasteiger partial charge is 0.0648 e. The van der Waals surface area contributed by atoms with Gasteiger partial charge in [-0.15, -0.1) is 0 Å². The van der Waals surface area contributed by atoms with Gasteiger partial charge in [-0.3, -0.25) is 0 Å². The second-order valence-electron chi connectivity index (χ2n) is 4.87. The lowest BCUT2D eigenvalue weighted by atomic mass is 10.2. The van der Waals surface area contributed by atoms with E-state index >= 15 is 0 Å². The van der Waals surface area contributed by atoms with Crippen molar-refractivity contribution in [2.24, 2.45) is 0 Å². The van der Waals surface area contributed by atoms with Gasteiger partial charge in [0.1, 0.15) is 0 Å². The van der Waals surface area contributed by atoms with Crippen LogP contribution in [0.25, 0.3) is 5.69 Å². The maximum atomic E-state index is 4.53. The Morgan fingerprint density at radius 2 is 2.06 bits per heavy atom. The van der Waals surface area contributed by atoms with Crippen LogP contribution in [0.2, 0.25) is 0 Å². The second kappa shape index (κ2) is 4.94. The van der Waals surface area contributed by atoms with E-state index in [-0.39, 0.29) is 0 Å². The molecule has 1 aromatic carbocycles. The molecule has 1 heterocycles. The summed E-state index contributed by atoms with van der Waals surface area (Å²) in [6.07, 6.45) is 5.67. The first-order valence-corrected chi connectivity index (χ1v) is 6.73. The van der Waals surface area contributed by atoms with Crippen molar-refractivity contribution in [3.05, 3.63) is 47.8 Å². The van der Waals surface area contributed by atoms with Crippen molar-refractivity contribution in [2.45, 2.75) is 38.8 Å². The molecule has 1 aliphatic carbocycles. The molecular formula is C15H19N3. The molecule has 1 aliphatic rings. The fourth-order valence-electron chi connectivity index (χ4n) is 2.27. The number of nitrogens with one attached hydrogen (secondary N) is 1. The highest BCUT2D eigenvalue weighted by molar-refractivity contribution is 5.35. The minimum Gasteiger partial charge on any atom is -0.310 e. The molecule has 3 rings (SSSR count). The Morgan fingerprint density at radius 3 is 2.72 bits per heavy atom. The first kappa shape index (κ1) is 11.5. The van der Waals surface area contributed by atoms with Crippen LogP contribution in [0.15, 0.2) is 36.5 Å². The summed E-state index contributed by atoms with van der Waals surface area (Å²) < 4.78 is 2.06. The Labute approximate surface area is 108 Å². The summed E-state index contributed by atoms with van der Waals surface area (Å²) >= 11 is 0. The number of hydrogen-bond acceptors (Lipinski definition) is 2. The average molecular weight is 241 g/mol. The summed E-state index contributed by atoms with van der Waals surface area (Å²) in [5.41, 5.74) is 3.79. The maximum absolute atomic E-state index is 4.53. The second-order valence-corrected chi connectivity index (χ2v) is 4.87. The van der Waals surface area contributed by atoms with Gasteiger partial charge in [-0.25, -0.2) is 4.68 Å². The number of nitrogens with zero attached hydrogens (tertiary/aromatic N) is 2. The molecule has 0 spiro atoms. The molecule has 0 unspecified atom stereocenters. The molecule has 1 saturated carbocycles. The van der Waals surface area contributed by atoms with Crippen molar-refractivity contribution in [1.82, 2.24) is 15.1 Å². The van der Waals surface area contributed by atoms with Gasteiger partial charge in [0.15, 0.2) is 0 Å². The van der Waals surface area contributed by atoms with Crippen LogP contribution in [0.4, 0.5) is 0 Å². The lowest BCUT2D eigenvalue weighted by Crippen LogP contribution is -2.16. The van der Waals surface area contributed by atoms with E-state index in [1.165, 1.54) is 24.1 Å². The van der Waals surface area contributed by atoms with Crippen LogP contribution in [-0.4, -0.2) is 15.8 Å². The Balaban J connectivity index is 1.85. The summed E-state index contributed by atoms with van der Waals surface area (Å²) in [6.45, 7) is 3.14. The number of para-hydroxylation sites is 1. The largest absolute Gasteiger partial charge is 0.310 e. The third kappa shape index (κ3) is 2.31. The van der Waals surface area contributed by atoms with E-state index in [2.05, 4.69) is 46.3 Å². The van der Waals surface area contributed by atoms with E-state index in [0.29, 0.717) is 0 Å². The predicted octanol–water partition coefficient (Wildman–Crippen LogP) is 2.69. The lowest BCUT2D eigenvalue weighted by Gasteiger charge is -2.08. The molecule has 0 amide bonds. The van der Waals surface area contributed by atoms with E-state index in [0.717, 1.165) is 24.7 Å². The summed E-state index contributed by atoms with van der Waals surface area (Å²) in [7, 11) is 0. The van der Waals surface area contributed by atoms with Crippen molar-refractivity contribution in [2.75, 3.05) is 0 Å². The van der Waals surface area contributed by atoms with Gasteiger partial charge in [-0.1, -0.05) is 25.1 Å². The molecule has 2 aromatic rings. The van der Waals surface area contributed by atoms with Crippen molar-refractivity contribution in [3.8, 4) is 5.69 Å². The minimum atomic E-state index is 0.745. The molecule has 1 N–H and O–H groups in total. The monoisotopic (exact) mass is 241 g/mol. The molecule has 1 fully saturated rings. The first-order chi connectivity index (χ1) is 8.88. The van der Waals surface area contributed by atoms with Gasteiger partial charge in [0.05, 0.1) is 11.9 Å². The Bertz CT molecular complexity index is 512. The van der Waals surface area contributed by atoms with Crippen LogP contribution in [0.1, 0.15) is 31.0 Å². The Morgan fingerprint density at radius 1 is 1.28 bits per heavy atom. The molecule has 3 heteroatoms. The topological polar surface area (TPSA) is 29.9 Å².